The molecule has 2 N–H and O–H groups in total. The van der Waals surface area contributed by atoms with Gasteiger partial charge in [-0.2, -0.15) is 0 Å². The van der Waals surface area contributed by atoms with Crippen LogP contribution in [-0.2, 0) is 0 Å². The number of hydrogen-bond donors (Lipinski definition) is 2. The molecular formula is C8H8BN3O4. The third-order valence-corrected chi connectivity index (χ3v) is 2.29. The number of aromatic amines is 1. The number of hydrogen-bond acceptors (Lipinski definition) is 4. The Morgan fingerprint density at radius 2 is 2.25 bits per heavy atom. The van der Waals surface area contributed by atoms with Crippen molar-refractivity contribution >= 4 is 23.6 Å². The van der Waals surface area contributed by atoms with Gasteiger partial charge in [0.15, 0.2) is 0 Å². The summed E-state index contributed by atoms with van der Waals surface area (Å²) in [4.78, 5) is 21.5. The van der Waals surface area contributed by atoms with Crippen LogP contribution in [0.4, 0.5) is 5.69 Å². The van der Waals surface area contributed by atoms with E-state index in [-0.39, 0.29) is 11.2 Å². The van der Waals surface area contributed by atoms with Gasteiger partial charge < -0.3 is 5.02 Å². The van der Waals surface area contributed by atoms with Crippen molar-refractivity contribution < 1.29 is 9.95 Å². The number of H-pyrrole nitrogens is 1. The summed E-state index contributed by atoms with van der Waals surface area (Å²) < 4.78 is 1.19. The van der Waals surface area contributed by atoms with E-state index in [1.807, 2.05) is 0 Å². The molecule has 7 nitrogen and oxygen atoms in total. The minimum Gasteiger partial charge on any atom is -0.431 e. The van der Waals surface area contributed by atoms with Gasteiger partial charge in [0, 0.05) is 12.1 Å². The van der Waals surface area contributed by atoms with Gasteiger partial charge in [0.2, 0.25) is 0 Å². The van der Waals surface area contributed by atoms with Crippen LogP contribution in [0.15, 0.2) is 23.0 Å². The smallest absolute Gasteiger partial charge is 0.429 e. The average Bonchev–Trinajstić information content (AvgIpc) is 2.56. The van der Waals surface area contributed by atoms with Crippen LogP contribution >= 0.6 is 0 Å². The lowest BCUT2D eigenvalue weighted by Gasteiger charge is -2.02. The molecule has 1 heterocycles. The molecule has 0 radical (unpaired) electrons. The summed E-state index contributed by atoms with van der Waals surface area (Å²) in [5, 5.41) is 22.7. The summed E-state index contributed by atoms with van der Waals surface area (Å²) in [6.07, 6.45) is 0. The molecule has 0 bridgehead atoms. The Bertz CT molecular complexity index is 615. The van der Waals surface area contributed by atoms with Crippen LogP contribution in [0.5, 0.6) is 0 Å². The molecule has 0 saturated carbocycles. The van der Waals surface area contributed by atoms with Crippen molar-refractivity contribution in [1.82, 2.24) is 9.69 Å². The molecule has 1 aromatic carbocycles. The third-order valence-electron chi connectivity index (χ3n) is 2.29. The molecule has 0 unspecified atom stereocenters. The lowest BCUT2D eigenvalue weighted by Crippen LogP contribution is -2.22. The maximum Gasteiger partial charge on any atom is 0.429 e. The van der Waals surface area contributed by atoms with Gasteiger partial charge in [0.25, 0.3) is 11.2 Å². The van der Waals surface area contributed by atoms with Gasteiger partial charge in [-0.1, -0.05) is 0 Å². The van der Waals surface area contributed by atoms with E-state index in [4.69, 9.17) is 0 Å². The van der Waals surface area contributed by atoms with Crippen LogP contribution in [-0.4, -0.2) is 26.7 Å². The minimum absolute atomic E-state index is 0.124. The monoisotopic (exact) mass is 221 g/mol. The molecule has 0 aliphatic heterocycles. The van der Waals surface area contributed by atoms with Crippen molar-refractivity contribution in [2.45, 2.75) is 6.82 Å². The zero-order chi connectivity index (χ0) is 11.9. The predicted octanol–water partition coefficient (Wildman–Crippen LogP) is 0.196. The number of nitro benzene ring substituents is 1. The van der Waals surface area contributed by atoms with E-state index in [0.717, 1.165) is 0 Å². The molecule has 0 fully saturated rings. The van der Waals surface area contributed by atoms with Crippen LogP contribution in [0.1, 0.15) is 0 Å². The van der Waals surface area contributed by atoms with E-state index >= 15 is 0 Å². The summed E-state index contributed by atoms with van der Waals surface area (Å²) in [5.41, 5.74) is -0.194. The first-order valence-corrected chi connectivity index (χ1v) is 4.57. The van der Waals surface area contributed by atoms with Crippen LogP contribution in [0.3, 0.4) is 0 Å². The molecule has 82 valence electrons. The van der Waals surface area contributed by atoms with Crippen molar-refractivity contribution in [2.24, 2.45) is 0 Å². The Balaban J connectivity index is 2.79. The van der Waals surface area contributed by atoms with Crippen molar-refractivity contribution in [3.63, 3.8) is 0 Å². The Hall–Kier alpha value is -2.09. The maximum atomic E-state index is 11.4. The lowest BCUT2D eigenvalue weighted by molar-refractivity contribution is -0.384. The fraction of sp³-hybridized carbons (Fsp3) is 0.125. The van der Waals surface area contributed by atoms with Crippen LogP contribution in [0, 0.1) is 10.1 Å². The van der Waals surface area contributed by atoms with Gasteiger partial charge in [-0.25, -0.2) is 0 Å². The molecule has 0 atom stereocenters. The number of nitro groups is 1. The summed E-state index contributed by atoms with van der Waals surface area (Å²) in [6.45, 7) is 1.45. The van der Waals surface area contributed by atoms with Gasteiger partial charge in [-0.05, 0) is 12.9 Å². The van der Waals surface area contributed by atoms with E-state index in [2.05, 4.69) is 5.10 Å². The highest BCUT2D eigenvalue weighted by atomic mass is 16.6. The quantitative estimate of drug-likeness (QED) is 0.429. The lowest BCUT2D eigenvalue weighted by atomic mass is 9.89. The SMILES string of the molecule is CB(O)n1[nH]c(=O)c2ccc([N+](=O)[O-])cc21. The molecule has 16 heavy (non-hydrogen) atoms. The van der Waals surface area contributed by atoms with Gasteiger partial charge in [0.1, 0.15) is 0 Å². The highest BCUT2D eigenvalue weighted by Crippen LogP contribution is 2.18. The molecule has 0 spiro atoms. The zero-order valence-corrected chi connectivity index (χ0v) is 8.38. The second-order valence-corrected chi connectivity index (χ2v) is 3.40. The molecule has 0 aliphatic rings. The third kappa shape index (κ3) is 1.49. The van der Waals surface area contributed by atoms with Gasteiger partial charge >= 0.3 is 7.05 Å². The van der Waals surface area contributed by atoms with E-state index < -0.39 is 12.0 Å². The molecule has 8 heteroatoms. The van der Waals surface area contributed by atoms with E-state index in [0.29, 0.717) is 10.9 Å². The Morgan fingerprint density at radius 1 is 1.56 bits per heavy atom. The van der Waals surface area contributed by atoms with E-state index in [1.165, 1.54) is 29.6 Å². The number of rotatable bonds is 2. The van der Waals surface area contributed by atoms with Crippen LogP contribution in [0.25, 0.3) is 10.9 Å². The Morgan fingerprint density at radius 3 is 2.81 bits per heavy atom. The molecule has 2 aromatic rings. The van der Waals surface area contributed by atoms with Crippen molar-refractivity contribution in [1.29, 1.82) is 0 Å². The van der Waals surface area contributed by atoms with Crippen molar-refractivity contribution in [2.75, 3.05) is 0 Å². The van der Waals surface area contributed by atoms with Crippen molar-refractivity contribution in [3.05, 3.63) is 38.7 Å². The zero-order valence-electron chi connectivity index (χ0n) is 8.38. The first-order valence-electron chi connectivity index (χ1n) is 4.57. The summed E-state index contributed by atoms with van der Waals surface area (Å²) in [5.74, 6) is 0. The number of fused-ring (bicyclic) bond motifs is 1. The number of nitrogens with one attached hydrogen (secondary N) is 1. The first-order chi connectivity index (χ1) is 7.50. The summed E-state index contributed by atoms with van der Waals surface area (Å²) >= 11 is 0. The molecular weight excluding hydrogens is 213 g/mol. The highest BCUT2D eigenvalue weighted by molar-refractivity contribution is 6.47. The maximum absolute atomic E-state index is 11.4. The van der Waals surface area contributed by atoms with Crippen LogP contribution < -0.4 is 5.56 Å². The van der Waals surface area contributed by atoms with Gasteiger partial charge in [-0.15, -0.1) is 0 Å². The normalized spacial score (nSPS) is 10.6. The highest BCUT2D eigenvalue weighted by Gasteiger charge is 2.16. The summed E-state index contributed by atoms with van der Waals surface area (Å²) in [7, 11) is -0.952. The second-order valence-electron chi connectivity index (χ2n) is 3.40. The van der Waals surface area contributed by atoms with Crippen molar-refractivity contribution in [3.8, 4) is 0 Å². The number of non-ortho nitro benzene ring substituents is 1. The fourth-order valence-electron chi connectivity index (χ4n) is 1.55. The number of aromatic nitrogens is 2. The second kappa shape index (κ2) is 3.49. The summed E-state index contributed by atoms with van der Waals surface area (Å²) in [6, 6.07) is 3.87. The molecule has 1 aromatic heterocycles. The fourth-order valence-corrected chi connectivity index (χ4v) is 1.55. The molecule has 2 rings (SSSR count). The van der Waals surface area contributed by atoms with Gasteiger partial charge in [0.05, 0.1) is 15.8 Å². The largest absolute Gasteiger partial charge is 0.431 e. The van der Waals surface area contributed by atoms with E-state index in [1.54, 1.807) is 0 Å². The topological polar surface area (TPSA) is 101 Å². The standard InChI is InChI=1S/C8H8BN3O4/c1-9(14)11-7-4-5(12(15)16)2-3-6(7)8(13)10-11/h2-4,14H,1H3,(H,10,13). The van der Waals surface area contributed by atoms with Crippen LogP contribution in [0.2, 0.25) is 6.82 Å². The number of benzene rings is 1. The predicted molar refractivity (Wildman–Crippen MR) is 58.4 cm³/mol. The number of nitrogens with zero attached hydrogens (tertiary/aromatic N) is 2. The Kier molecular flexibility index (Phi) is 2.28. The molecule has 0 saturated heterocycles. The molecule has 0 amide bonds. The van der Waals surface area contributed by atoms with Gasteiger partial charge in [-0.3, -0.25) is 24.6 Å². The average molecular weight is 221 g/mol. The Labute approximate surface area is 89.6 Å². The molecule has 0 aliphatic carbocycles. The van der Waals surface area contributed by atoms with E-state index in [9.17, 15) is 19.9 Å². The minimum atomic E-state index is -0.952. The first kappa shape index (κ1) is 10.4.